The summed E-state index contributed by atoms with van der Waals surface area (Å²) in [5.74, 6) is 0.343. The molecule has 4 aromatic rings. The van der Waals surface area contributed by atoms with Crippen molar-refractivity contribution >= 4 is 17.4 Å². The molecule has 0 radical (unpaired) electrons. The summed E-state index contributed by atoms with van der Waals surface area (Å²) < 4.78 is 1.65. The van der Waals surface area contributed by atoms with Crippen molar-refractivity contribution in [2.45, 2.75) is 0 Å². The standard InChI is InChI=1S/C22H23N7O/c1-24-10-11-28(2)22(30)16-7-5-6-15(12-16)17-13-26-21-19(18-8-3-4-9-25-18)20(23)27-29(21)14-17/h3-9,12-14,24H,10-11H2,1-2H3,(H2,23,27). The molecule has 30 heavy (non-hydrogen) atoms. The molecule has 3 heterocycles. The van der Waals surface area contributed by atoms with Crippen molar-refractivity contribution in [3.05, 3.63) is 66.6 Å². The van der Waals surface area contributed by atoms with Gasteiger partial charge in [-0.3, -0.25) is 9.78 Å². The maximum Gasteiger partial charge on any atom is 0.253 e. The number of carbonyl (C=O) groups excluding carboxylic acids is 1. The molecule has 0 saturated heterocycles. The topological polar surface area (TPSA) is 101 Å². The summed E-state index contributed by atoms with van der Waals surface area (Å²) in [7, 11) is 3.66. The van der Waals surface area contributed by atoms with Crippen LogP contribution < -0.4 is 11.1 Å². The van der Waals surface area contributed by atoms with E-state index >= 15 is 0 Å². The fourth-order valence-electron chi connectivity index (χ4n) is 3.29. The Morgan fingerprint density at radius 3 is 2.80 bits per heavy atom. The average Bonchev–Trinajstić information content (AvgIpc) is 3.12. The number of fused-ring (bicyclic) bond motifs is 1. The summed E-state index contributed by atoms with van der Waals surface area (Å²) in [6.07, 6.45) is 5.33. The molecular formula is C22H23N7O. The Balaban J connectivity index is 1.68. The molecule has 3 N–H and O–H groups in total. The van der Waals surface area contributed by atoms with Crippen molar-refractivity contribution < 1.29 is 4.79 Å². The molecule has 1 aromatic carbocycles. The molecule has 0 aliphatic heterocycles. The molecule has 4 rings (SSSR count). The molecule has 152 valence electrons. The second-order valence-electron chi connectivity index (χ2n) is 7.00. The van der Waals surface area contributed by atoms with Gasteiger partial charge in [-0.2, -0.15) is 0 Å². The van der Waals surface area contributed by atoms with Crippen LogP contribution in [-0.2, 0) is 0 Å². The first-order chi connectivity index (χ1) is 14.6. The molecule has 0 aliphatic rings. The van der Waals surface area contributed by atoms with Crippen LogP contribution in [0, 0.1) is 0 Å². The van der Waals surface area contributed by atoms with Crippen LogP contribution in [0.3, 0.4) is 0 Å². The molecule has 0 spiro atoms. The summed E-state index contributed by atoms with van der Waals surface area (Å²) in [6, 6.07) is 13.1. The van der Waals surface area contributed by atoms with E-state index in [9.17, 15) is 4.79 Å². The van der Waals surface area contributed by atoms with Crippen molar-refractivity contribution in [3.63, 3.8) is 0 Å². The zero-order valence-corrected chi connectivity index (χ0v) is 16.9. The number of hydrogen-bond donors (Lipinski definition) is 2. The van der Waals surface area contributed by atoms with Gasteiger partial charge in [-0.15, -0.1) is 5.10 Å². The quantitative estimate of drug-likeness (QED) is 0.514. The van der Waals surface area contributed by atoms with Crippen LogP contribution in [0.2, 0.25) is 0 Å². The Kier molecular flexibility index (Phi) is 5.40. The fraction of sp³-hybridized carbons (Fsp3) is 0.182. The zero-order chi connectivity index (χ0) is 21.1. The lowest BCUT2D eigenvalue weighted by Crippen LogP contribution is -2.32. The smallest absolute Gasteiger partial charge is 0.253 e. The van der Waals surface area contributed by atoms with Gasteiger partial charge in [0.1, 0.15) is 0 Å². The number of hydrogen-bond acceptors (Lipinski definition) is 6. The highest BCUT2D eigenvalue weighted by atomic mass is 16.2. The van der Waals surface area contributed by atoms with Gasteiger partial charge in [0, 0.05) is 49.9 Å². The lowest BCUT2D eigenvalue weighted by atomic mass is 10.1. The number of nitrogen functional groups attached to an aromatic ring is 1. The Hall–Kier alpha value is -3.78. The number of carbonyl (C=O) groups is 1. The third kappa shape index (κ3) is 3.72. The number of anilines is 1. The molecule has 0 saturated carbocycles. The van der Waals surface area contributed by atoms with Crippen molar-refractivity contribution in [2.24, 2.45) is 0 Å². The van der Waals surface area contributed by atoms with E-state index in [4.69, 9.17) is 5.73 Å². The highest BCUT2D eigenvalue weighted by molar-refractivity contribution is 5.95. The van der Waals surface area contributed by atoms with Gasteiger partial charge in [-0.25, -0.2) is 9.50 Å². The molecule has 8 nitrogen and oxygen atoms in total. The van der Waals surface area contributed by atoms with Crippen LogP contribution in [0.15, 0.2) is 61.1 Å². The van der Waals surface area contributed by atoms with Crippen molar-refractivity contribution in [1.29, 1.82) is 0 Å². The summed E-state index contributed by atoms with van der Waals surface area (Å²) in [5.41, 5.74) is 10.6. The van der Waals surface area contributed by atoms with E-state index in [0.29, 0.717) is 29.1 Å². The van der Waals surface area contributed by atoms with E-state index in [-0.39, 0.29) is 5.91 Å². The number of amides is 1. The van der Waals surface area contributed by atoms with Crippen LogP contribution in [0.25, 0.3) is 28.0 Å². The van der Waals surface area contributed by atoms with Crippen molar-refractivity contribution in [3.8, 4) is 22.4 Å². The predicted octanol–water partition coefficient (Wildman–Crippen LogP) is 2.33. The predicted molar refractivity (Wildman–Crippen MR) is 117 cm³/mol. The van der Waals surface area contributed by atoms with Crippen molar-refractivity contribution in [1.82, 2.24) is 29.8 Å². The minimum atomic E-state index is -0.0260. The minimum absolute atomic E-state index is 0.0260. The van der Waals surface area contributed by atoms with Crippen LogP contribution in [0.1, 0.15) is 10.4 Å². The van der Waals surface area contributed by atoms with Crippen LogP contribution in [-0.4, -0.2) is 57.6 Å². The van der Waals surface area contributed by atoms with E-state index in [1.54, 1.807) is 28.9 Å². The number of likely N-dealkylation sites (N-methyl/N-ethyl adjacent to an activating group) is 2. The molecule has 0 unspecified atom stereocenters. The van der Waals surface area contributed by atoms with Gasteiger partial charge < -0.3 is 16.0 Å². The van der Waals surface area contributed by atoms with Gasteiger partial charge in [0.2, 0.25) is 0 Å². The fourth-order valence-corrected chi connectivity index (χ4v) is 3.29. The number of nitrogens with one attached hydrogen (secondary N) is 1. The summed E-state index contributed by atoms with van der Waals surface area (Å²) in [6.45, 7) is 1.37. The number of nitrogens with two attached hydrogens (primary N) is 1. The molecule has 0 atom stereocenters. The third-order valence-corrected chi connectivity index (χ3v) is 4.91. The lowest BCUT2D eigenvalue weighted by Gasteiger charge is -2.17. The molecule has 0 fully saturated rings. The number of rotatable bonds is 6. The Morgan fingerprint density at radius 2 is 2.03 bits per heavy atom. The SMILES string of the molecule is CNCCN(C)C(=O)c1cccc(-c2cnc3c(-c4ccccn4)c(N)nn3c2)c1. The van der Waals surface area contributed by atoms with Crippen LogP contribution in [0.5, 0.6) is 0 Å². The highest BCUT2D eigenvalue weighted by Crippen LogP contribution is 2.29. The van der Waals surface area contributed by atoms with Crippen LogP contribution >= 0.6 is 0 Å². The second-order valence-corrected chi connectivity index (χ2v) is 7.00. The normalized spacial score (nSPS) is 11.0. The average molecular weight is 401 g/mol. The van der Waals surface area contributed by atoms with Gasteiger partial charge in [0.05, 0.1) is 11.3 Å². The van der Waals surface area contributed by atoms with Gasteiger partial charge in [-0.1, -0.05) is 18.2 Å². The number of pyridine rings is 1. The summed E-state index contributed by atoms with van der Waals surface area (Å²) >= 11 is 0. The molecule has 3 aromatic heterocycles. The maximum atomic E-state index is 12.7. The first-order valence-corrected chi connectivity index (χ1v) is 9.64. The Morgan fingerprint density at radius 1 is 1.17 bits per heavy atom. The maximum absolute atomic E-state index is 12.7. The number of aromatic nitrogens is 4. The first kappa shape index (κ1) is 19.5. The second kappa shape index (κ2) is 8.30. The van der Waals surface area contributed by atoms with Gasteiger partial charge >= 0.3 is 0 Å². The van der Waals surface area contributed by atoms with Crippen LogP contribution in [0.4, 0.5) is 5.82 Å². The molecule has 0 bridgehead atoms. The molecule has 1 amide bonds. The van der Waals surface area contributed by atoms with E-state index in [1.807, 2.05) is 55.7 Å². The molecule has 0 aliphatic carbocycles. The number of benzene rings is 1. The van der Waals surface area contributed by atoms with E-state index in [2.05, 4.69) is 20.4 Å². The Labute approximate surface area is 174 Å². The Bertz CT molecular complexity index is 1190. The largest absolute Gasteiger partial charge is 0.382 e. The first-order valence-electron chi connectivity index (χ1n) is 9.64. The summed E-state index contributed by atoms with van der Waals surface area (Å²) in [4.78, 5) is 23.3. The number of nitrogens with zero attached hydrogens (tertiary/aromatic N) is 5. The zero-order valence-electron chi connectivity index (χ0n) is 16.9. The molecular weight excluding hydrogens is 378 g/mol. The summed E-state index contributed by atoms with van der Waals surface area (Å²) in [5, 5.41) is 7.46. The van der Waals surface area contributed by atoms with E-state index in [1.165, 1.54) is 0 Å². The van der Waals surface area contributed by atoms with Gasteiger partial charge in [0.25, 0.3) is 5.91 Å². The van der Waals surface area contributed by atoms with Gasteiger partial charge in [0.15, 0.2) is 11.5 Å². The lowest BCUT2D eigenvalue weighted by molar-refractivity contribution is 0.0797. The molecule has 8 heteroatoms. The monoisotopic (exact) mass is 401 g/mol. The highest BCUT2D eigenvalue weighted by Gasteiger charge is 2.16. The van der Waals surface area contributed by atoms with E-state index in [0.717, 1.165) is 23.4 Å². The van der Waals surface area contributed by atoms with Crippen molar-refractivity contribution in [2.75, 3.05) is 32.9 Å². The third-order valence-electron chi connectivity index (χ3n) is 4.91. The van der Waals surface area contributed by atoms with E-state index < -0.39 is 0 Å². The van der Waals surface area contributed by atoms with Gasteiger partial charge in [-0.05, 0) is 36.9 Å². The minimum Gasteiger partial charge on any atom is -0.382 e.